The van der Waals surface area contributed by atoms with Gasteiger partial charge in [-0.15, -0.1) is 0 Å². The number of imide groups is 2. The SMILES string of the molecule is CC1(CNCc2ccc3c(c2)C(=O)N(C2CCC(=O)NC2=O)C3=O)CNC1. The Morgan fingerprint density at radius 2 is 1.89 bits per heavy atom. The van der Waals surface area contributed by atoms with Gasteiger partial charge in [-0.1, -0.05) is 13.0 Å². The van der Waals surface area contributed by atoms with Crippen molar-refractivity contribution in [1.29, 1.82) is 0 Å². The predicted molar refractivity (Wildman–Crippen MR) is 95.8 cm³/mol. The van der Waals surface area contributed by atoms with Gasteiger partial charge in [-0.05, 0) is 24.1 Å². The Labute approximate surface area is 156 Å². The highest BCUT2D eigenvalue weighted by atomic mass is 16.2. The molecular formula is C19H22N4O4. The van der Waals surface area contributed by atoms with E-state index in [1.54, 1.807) is 12.1 Å². The van der Waals surface area contributed by atoms with Gasteiger partial charge >= 0.3 is 0 Å². The first-order chi connectivity index (χ1) is 12.9. The summed E-state index contributed by atoms with van der Waals surface area (Å²) in [5.74, 6) is -1.92. The summed E-state index contributed by atoms with van der Waals surface area (Å²) in [5, 5.41) is 8.85. The second-order valence-electron chi connectivity index (χ2n) is 7.84. The van der Waals surface area contributed by atoms with E-state index in [1.165, 1.54) is 0 Å². The number of carbonyl (C=O) groups excluding carboxylic acids is 4. The molecule has 0 radical (unpaired) electrons. The third kappa shape index (κ3) is 3.15. The summed E-state index contributed by atoms with van der Waals surface area (Å²) in [4.78, 5) is 49.8. The molecule has 3 aliphatic rings. The number of fused-ring (bicyclic) bond motifs is 1. The van der Waals surface area contributed by atoms with Crippen LogP contribution in [0.3, 0.4) is 0 Å². The van der Waals surface area contributed by atoms with Gasteiger partial charge in [0.1, 0.15) is 6.04 Å². The van der Waals surface area contributed by atoms with Crippen LogP contribution in [0.5, 0.6) is 0 Å². The molecule has 1 unspecified atom stereocenters. The topological polar surface area (TPSA) is 108 Å². The van der Waals surface area contributed by atoms with Gasteiger partial charge < -0.3 is 10.6 Å². The summed E-state index contributed by atoms with van der Waals surface area (Å²) in [6, 6.07) is 4.26. The monoisotopic (exact) mass is 370 g/mol. The molecule has 4 rings (SSSR count). The summed E-state index contributed by atoms with van der Waals surface area (Å²) in [6.07, 6.45) is 0.282. The number of nitrogens with one attached hydrogen (secondary N) is 3. The van der Waals surface area contributed by atoms with E-state index in [9.17, 15) is 19.2 Å². The fraction of sp³-hybridized carbons (Fsp3) is 0.474. The van der Waals surface area contributed by atoms with Crippen LogP contribution in [0.25, 0.3) is 0 Å². The molecule has 0 aliphatic carbocycles. The Morgan fingerprint density at radius 3 is 2.56 bits per heavy atom. The van der Waals surface area contributed by atoms with Crippen molar-refractivity contribution in [3.8, 4) is 0 Å². The summed E-state index contributed by atoms with van der Waals surface area (Å²) in [5.41, 5.74) is 1.80. The zero-order chi connectivity index (χ0) is 19.2. The second-order valence-corrected chi connectivity index (χ2v) is 7.84. The van der Waals surface area contributed by atoms with Crippen molar-refractivity contribution in [1.82, 2.24) is 20.9 Å². The fourth-order valence-electron chi connectivity index (χ4n) is 3.81. The molecule has 1 aromatic rings. The highest BCUT2D eigenvalue weighted by Gasteiger charge is 2.44. The van der Waals surface area contributed by atoms with Gasteiger partial charge in [0.15, 0.2) is 0 Å². The smallest absolute Gasteiger partial charge is 0.262 e. The number of piperidine rings is 1. The van der Waals surface area contributed by atoms with E-state index in [2.05, 4.69) is 22.9 Å². The van der Waals surface area contributed by atoms with Crippen LogP contribution in [-0.4, -0.2) is 54.2 Å². The van der Waals surface area contributed by atoms with Crippen molar-refractivity contribution >= 4 is 23.6 Å². The molecule has 3 aliphatic heterocycles. The zero-order valence-corrected chi connectivity index (χ0v) is 15.1. The lowest BCUT2D eigenvalue weighted by molar-refractivity contribution is -0.136. The maximum atomic E-state index is 12.8. The van der Waals surface area contributed by atoms with Crippen molar-refractivity contribution in [3.63, 3.8) is 0 Å². The molecule has 27 heavy (non-hydrogen) atoms. The summed E-state index contributed by atoms with van der Waals surface area (Å²) >= 11 is 0. The molecular weight excluding hydrogens is 348 g/mol. The first-order valence-corrected chi connectivity index (χ1v) is 9.14. The highest BCUT2D eigenvalue weighted by Crippen LogP contribution is 2.28. The van der Waals surface area contributed by atoms with Gasteiger partial charge in [0.05, 0.1) is 11.1 Å². The molecule has 142 valence electrons. The average molecular weight is 370 g/mol. The second kappa shape index (κ2) is 6.54. The average Bonchev–Trinajstić information content (AvgIpc) is 2.85. The van der Waals surface area contributed by atoms with Gasteiger partial charge in [-0.2, -0.15) is 0 Å². The highest BCUT2D eigenvalue weighted by molar-refractivity contribution is 6.23. The first kappa shape index (κ1) is 17.8. The quantitative estimate of drug-likeness (QED) is 0.619. The third-order valence-corrected chi connectivity index (χ3v) is 5.49. The van der Waals surface area contributed by atoms with Gasteiger partial charge in [0, 0.05) is 38.0 Å². The minimum atomic E-state index is -0.928. The van der Waals surface area contributed by atoms with Gasteiger partial charge in [-0.3, -0.25) is 29.4 Å². The standard InChI is InChI=1S/C19H22N4O4/c1-19(9-21-10-19)8-20-7-11-2-3-12-13(6-11)18(27)23(17(12)26)14-4-5-15(24)22-16(14)25/h2-3,6,14,20-21H,4-5,7-10H2,1H3,(H,22,24,25). The van der Waals surface area contributed by atoms with Gasteiger partial charge in [0.2, 0.25) is 11.8 Å². The summed E-state index contributed by atoms with van der Waals surface area (Å²) < 4.78 is 0. The molecule has 4 amide bonds. The Balaban J connectivity index is 1.48. The molecule has 0 saturated carbocycles. The van der Waals surface area contributed by atoms with Crippen molar-refractivity contribution in [2.75, 3.05) is 19.6 Å². The fourth-order valence-corrected chi connectivity index (χ4v) is 3.81. The molecule has 2 fully saturated rings. The molecule has 1 aromatic carbocycles. The van der Waals surface area contributed by atoms with Crippen molar-refractivity contribution in [3.05, 3.63) is 34.9 Å². The molecule has 2 saturated heterocycles. The van der Waals surface area contributed by atoms with Crippen LogP contribution >= 0.6 is 0 Å². The molecule has 3 heterocycles. The zero-order valence-electron chi connectivity index (χ0n) is 15.1. The molecule has 0 spiro atoms. The van der Waals surface area contributed by atoms with E-state index >= 15 is 0 Å². The van der Waals surface area contributed by atoms with Crippen LogP contribution in [0.1, 0.15) is 46.0 Å². The molecule has 8 nitrogen and oxygen atoms in total. The Bertz CT molecular complexity index is 846. The number of hydrogen-bond donors (Lipinski definition) is 3. The molecule has 1 atom stereocenters. The summed E-state index contributed by atoms with van der Waals surface area (Å²) in [6.45, 7) is 5.64. The molecule has 8 heteroatoms. The van der Waals surface area contributed by atoms with E-state index in [0.717, 1.165) is 30.1 Å². The maximum absolute atomic E-state index is 12.8. The Morgan fingerprint density at radius 1 is 1.15 bits per heavy atom. The maximum Gasteiger partial charge on any atom is 0.262 e. The van der Waals surface area contributed by atoms with Crippen LogP contribution in [0.4, 0.5) is 0 Å². The number of rotatable bonds is 5. The minimum Gasteiger partial charge on any atom is -0.315 e. The Kier molecular flexibility index (Phi) is 4.32. The summed E-state index contributed by atoms with van der Waals surface area (Å²) in [7, 11) is 0. The number of amides is 4. The van der Waals surface area contributed by atoms with Crippen molar-refractivity contribution < 1.29 is 19.2 Å². The van der Waals surface area contributed by atoms with E-state index in [0.29, 0.717) is 17.7 Å². The third-order valence-electron chi connectivity index (χ3n) is 5.49. The number of carbonyl (C=O) groups is 4. The van der Waals surface area contributed by atoms with Gasteiger partial charge in [0.25, 0.3) is 11.8 Å². The van der Waals surface area contributed by atoms with Crippen LogP contribution in [0, 0.1) is 5.41 Å². The van der Waals surface area contributed by atoms with Crippen LogP contribution in [-0.2, 0) is 16.1 Å². The van der Waals surface area contributed by atoms with E-state index in [-0.39, 0.29) is 24.2 Å². The van der Waals surface area contributed by atoms with Crippen LogP contribution < -0.4 is 16.0 Å². The molecule has 3 N–H and O–H groups in total. The van der Waals surface area contributed by atoms with Crippen LogP contribution in [0.15, 0.2) is 18.2 Å². The van der Waals surface area contributed by atoms with E-state index in [4.69, 9.17) is 0 Å². The van der Waals surface area contributed by atoms with E-state index in [1.807, 2.05) is 6.07 Å². The normalized spacial score (nSPS) is 23.9. The lowest BCUT2D eigenvalue weighted by Crippen LogP contribution is -2.56. The molecule has 0 bridgehead atoms. The van der Waals surface area contributed by atoms with Crippen LogP contribution in [0.2, 0.25) is 0 Å². The minimum absolute atomic E-state index is 0.118. The van der Waals surface area contributed by atoms with Gasteiger partial charge in [-0.25, -0.2) is 0 Å². The lowest BCUT2D eigenvalue weighted by Gasteiger charge is -2.39. The van der Waals surface area contributed by atoms with Crippen molar-refractivity contribution in [2.24, 2.45) is 5.41 Å². The Hall–Kier alpha value is -2.58. The number of nitrogens with zero attached hydrogens (tertiary/aromatic N) is 1. The largest absolute Gasteiger partial charge is 0.315 e. The first-order valence-electron chi connectivity index (χ1n) is 9.14. The number of benzene rings is 1. The lowest BCUT2D eigenvalue weighted by atomic mass is 9.84. The predicted octanol–water partition coefficient (Wildman–Crippen LogP) is -0.213. The molecule has 0 aromatic heterocycles. The van der Waals surface area contributed by atoms with E-state index < -0.39 is 23.8 Å². The van der Waals surface area contributed by atoms with Crippen molar-refractivity contribution in [2.45, 2.75) is 32.4 Å². The number of hydrogen-bond acceptors (Lipinski definition) is 6.